The van der Waals surface area contributed by atoms with Gasteiger partial charge in [-0.25, -0.2) is 0 Å². The summed E-state index contributed by atoms with van der Waals surface area (Å²) < 4.78 is 11.1. The highest BCUT2D eigenvalue weighted by Crippen LogP contribution is 2.28. The molecule has 0 saturated carbocycles. The quantitative estimate of drug-likeness (QED) is 0.550. The summed E-state index contributed by atoms with van der Waals surface area (Å²) in [4.78, 5) is 24.1. The summed E-state index contributed by atoms with van der Waals surface area (Å²) in [5, 5.41) is 6.13. The van der Waals surface area contributed by atoms with Crippen LogP contribution in [0.25, 0.3) is 0 Å². The number of ether oxygens (including phenoxy) is 2. The fraction of sp³-hybridized carbons (Fsp3) is 0.130. The van der Waals surface area contributed by atoms with Crippen molar-refractivity contribution in [1.82, 2.24) is 0 Å². The third kappa shape index (κ3) is 5.75. The van der Waals surface area contributed by atoms with E-state index >= 15 is 0 Å². The van der Waals surface area contributed by atoms with Gasteiger partial charge in [0, 0.05) is 23.2 Å². The van der Waals surface area contributed by atoms with Crippen LogP contribution in [0.2, 0.25) is 5.02 Å². The lowest BCUT2D eigenvalue weighted by Crippen LogP contribution is -2.13. The highest BCUT2D eigenvalue weighted by atomic mass is 35.5. The first kappa shape index (κ1) is 21.2. The van der Waals surface area contributed by atoms with Gasteiger partial charge in [0.25, 0.3) is 5.91 Å². The molecule has 0 bridgehead atoms. The van der Waals surface area contributed by atoms with Gasteiger partial charge in [-0.2, -0.15) is 0 Å². The van der Waals surface area contributed by atoms with Gasteiger partial charge in [0.15, 0.2) is 0 Å². The molecule has 0 aliphatic rings. The van der Waals surface area contributed by atoms with E-state index in [1.54, 1.807) is 48.5 Å². The van der Waals surface area contributed by atoms with Crippen molar-refractivity contribution in [3.8, 4) is 11.5 Å². The Morgan fingerprint density at radius 1 is 0.967 bits per heavy atom. The van der Waals surface area contributed by atoms with Crippen LogP contribution in [0.4, 0.5) is 11.4 Å². The van der Waals surface area contributed by atoms with E-state index in [-0.39, 0.29) is 11.8 Å². The first-order valence-electron chi connectivity index (χ1n) is 9.19. The van der Waals surface area contributed by atoms with Crippen molar-refractivity contribution in [1.29, 1.82) is 0 Å². The van der Waals surface area contributed by atoms with E-state index in [0.717, 1.165) is 5.56 Å². The molecule has 0 aliphatic carbocycles. The van der Waals surface area contributed by atoms with Crippen LogP contribution in [0, 0.1) is 0 Å². The average Bonchev–Trinajstić information content (AvgIpc) is 2.72. The number of methoxy groups -OCH3 is 1. The monoisotopic (exact) mass is 424 g/mol. The van der Waals surface area contributed by atoms with Gasteiger partial charge in [0.2, 0.25) is 5.91 Å². The summed E-state index contributed by atoms with van der Waals surface area (Å²) in [6.45, 7) is 1.75. The number of carbonyl (C=O) groups is 2. The van der Waals surface area contributed by atoms with Crippen LogP contribution in [0.15, 0.2) is 66.7 Å². The van der Waals surface area contributed by atoms with Crippen molar-refractivity contribution >= 4 is 34.8 Å². The molecule has 0 aliphatic heterocycles. The SMILES string of the molecule is COc1ccc(NC(C)=O)cc1NC(=O)c1cccc(OCc2cccc(Cl)c2)c1. The second-order valence-corrected chi connectivity index (χ2v) is 6.93. The molecule has 0 spiro atoms. The standard InChI is InChI=1S/C23H21ClN2O4/c1-15(27)25-19-9-10-22(29-2)21(13-19)26-23(28)17-6-4-8-20(12-17)30-14-16-5-3-7-18(24)11-16/h3-13H,14H2,1-2H3,(H,25,27)(H,26,28). The third-order valence-electron chi connectivity index (χ3n) is 4.16. The Bertz CT molecular complexity index is 1070. The van der Waals surface area contributed by atoms with E-state index < -0.39 is 0 Å². The summed E-state index contributed by atoms with van der Waals surface area (Å²) in [5.41, 5.74) is 2.35. The van der Waals surface area contributed by atoms with E-state index in [2.05, 4.69) is 10.6 Å². The maximum atomic E-state index is 12.8. The molecule has 0 fully saturated rings. The fourth-order valence-electron chi connectivity index (χ4n) is 2.80. The Labute approximate surface area is 179 Å². The highest BCUT2D eigenvalue weighted by Gasteiger charge is 2.12. The fourth-order valence-corrected chi connectivity index (χ4v) is 3.01. The Hall–Kier alpha value is -3.51. The number of amides is 2. The normalized spacial score (nSPS) is 10.2. The summed E-state index contributed by atoms with van der Waals surface area (Å²) >= 11 is 5.99. The first-order chi connectivity index (χ1) is 14.4. The van der Waals surface area contributed by atoms with Crippen LogP contribution in [0.1, 0.15) is 22.8 Å². The first-order valence-corrected chi connectivity index (χ1v) is 9.56. The molecule has 30 heavy (non-hydrogen) atoms. The summed E-state index contributed by atoms with van der Waals surface area (Å²) in [7, 11) is 1.51. The molecule has 154 valence electrons. The Balaban J connectivity index is 1.73. The van der Waals surface area contributed by atoms with Crippen LogP contribution < -0.4 is 20.1 Å². The minimum Gasteiger partial charge on any atom is -0.495 e. The molecule has 0 atom stereocenters. The highest BCUT2D eigenvalue weighted by molar-refractivity contribution is 6.30. The van der Waals surface area contributed by atoms with Crippen LogP contribution in [-0.2, 0) is 11.4 Å². The zero-order valence-electron chi connectivity index (χ0n) is 16.6. The van der Waals surface area contributed by atoms with E-state index in [1.165, 1.54) is 14.0 Å². The number of carbonyl (C=O) groups excluding carboxylic acids is 2. The second-order valence-electron chi connectivity index (χ2n) is 6.50. The van der Waals surface area contributed by atoms with Crippen LogP contribution in [-0.4, -0.2) is 18.9 Å². The van der Waals surface area contributed by atoms with Crippen LogP contribution in [0.5, 0.6) is 11.5 Å². The molecule has 0 radical (unpaired) electrons. The Kier molecular flexibility index (Phi) is 6.93. The van der Waals surface area contributed by atoms with Gasteiger partial charge >= 0.3 is 0 Å². The van der Waals surface area contributed by atoms with Crippen molar-refractivity contribution in [2.75, 3.05) is 17.7 Å². The van der Waals surface area contributed by atoms with Crippen molar-refractivity contribution in [2.24, 2.45) is 0 Å². The van der Waals surface area contributed by atoms with Gasteiger partial charge in [-0.1, -0.05) is 29.8 Å². The second kappa shape index (κ2) is 9.80. The van der Waals surface area contributed by atoms with E-state index in [9.17, 15) is 9.59 Å². The minimum absolute atomic E-state index is 0.206. The van der Waals surface area contributed by atoms with Gasteiger partial charge in [-0.3, -0.25) is 9.59 Å². The largest absolute Gasteiger partial charge is 0.495 e. The molecular formula is C23H21ClN2O4. The van der Waals surface area contributed by atoms with E-state index in [0.29, 0.717) is 40.1 Å². The smallest absolute Gasteiger partial charge is 0.255 e. The molecule has 6 nitrogen and oxygen atoms in total. The van der Waals surface area contributed by atoms with Crippen LogP contribution >= 0.6 is 11.6 Å². The zero-order chi connectivity index (χ0) is 21.5. The lowest BCUT2D eigenvalue weighted by atomic mass is 10.2. The van der Waals surface area contributed by atoms with Gasteiger partial charge < -0.3 is 20.1 Å². The number of rotatable bonds is 7. The molecule has 0 aromatic heterocycles. The average molecular weight is 425 g/mol. The number of nitrogens with one attached hydrogen (secondary N) is 2. The summed E-state index contributed by atoms with van der Waals surface area (Å²) in [6.07, 6.45) is 0. The molecule has 3 rings (SSSR count). The van der Waals surface area contributed by atoms with Crippen molar-refractivity contribution in [2.45, 2.75) is 13.5 Å². The number of benzene rings is 3. The maximum Gasteiger partial charge on any atom is 0.255 e. The number of anilines is 2. The molecule has 0 saturated heterocycles. The molecule has 0 heterocycles. The van der Waals surface area contributed by atoms with Gasteiger partial charge in [-0.15, -0.1) is 0 Å². The molecule has 0 unspecified atom stereocenters. The summed E-state index contributed by atoms with van der Waals surface area (Å²) in [6, 6.07) is 19.3. The third-order valence-corrected chi connectivity index (χ3v) is 4.39. The van der Waals surface area contributed by atoms with E-state index in [4.69, 9.17) is 21.1 Å². The Morgan fingerprint density at radius 3 is 2.50 bits per heavy atom. The van der Waals surface area contributed by atoms with Gasteiger partial charge in [0.1, 0.15) is 18.1 Å². The topological polar surface area (TPSA) is 76.7 Å². The number of hydrogen-bond donors (Lipinski definition) is 2. The predicted octanol–water partition coefficient (Wildman–Crippen LogP) is 5.14. The molecule has 2 amide bonds. The van der Waals surface area contributed by atoms with Crippen molar-refractivity contribution in [3.63, 3.8) is 0 Å². The lowest BCUT2D eigenvalue weighted by molar-refractivity contribution is -0.114. The summed E-state index contributed by atoms with van der Waals surface area (Å²) in [5.74, 6) is 0.496. The van der Waals surface area contributed by atoms with Gasteiger partial charge in [-0.05, 0) is 54.1 Å². The molecule has 3 aromatic carbocycles. The minimum atomic E-state index is -0.332. The van der Waals surface area contributed by atoms with Crippen LogP contribution in [0.3, 0.4) is 0 Å². The molecular weight excluding hydrogens is 404 g/mol. The maximum absolute atomic E-state index is 12.8. The zero-order valence-corrected chi connectivity index (χ0v) is 17.3. The molecule has 7 heteroatoms. The molecule has 2 N–H and O–H groups in total. The number of hydrogen-bond acceptors (Lipinski definition) is 4. The lowest BCUT2D eigenvalue weighted by Gasteiger charge is -2.13. The molecule has 3 aromatic rings. The van der Waals surface area contributed by atoms with Crippen molar-refractivity contribution < 1.29 is 19.1 Å². The van der Waals surface area contributed by atoms with E-state index in [1.807, 2.05) is 18.2 Å². The number of halogens is 1. The predicted molar refractivity (Wildman–Crippen MR) is 117 cm³/mol. The Morgan fingerprint density at radius 2 is 1.77 bits per heavy atom. The van der Waals surface area contributed by atoms with Gasteiger partial charge in [0.05, 0.1) is 12.8 Å². The van der Waals surface area contributed by atoms with Crippen molar-refractivity contribution in [3.05, 3.63) is 82.9 Å².